The molecule has 0 heterocycles. The summed E-state index contributed by atoms with van der Waals surface area (Å²) in [5, 5.41) is 5.20. The number of hydrogen-bond acceptors (Lipinski definition) is 3. The number of hydrogen-bond donors (Lipinski definition) is 3. The van der Waals surface area contributed by atoms with E-state index >= 15 is 0 Å². The minimum absolute atomic E-state index is 0. The first-order chi connectivity index (χ1) is 8.52. The molecule has 5 nitrogen and oxygen atoms in total. The number of nitrogens with two attached hydrogens (primary N) is 1. The topological polar surface area (TPSA) is 84.2 Å². The number of benzene rings is 1. The molecule has 0 aliphatic heterocycles. The predicted molar refractivity (Wildman–Crippen MR) is 81.2 cm³/mol. The summed E-state index contributed by atoms with van der Waals surface area (Å²) >= 11 is 3.30. The Balaban J connectivity index is 0.00000324. The summed E-state index contributed by atoms with van der Waals surface area (Å²) in [5.41, 5.74) is 6.04. The summed E-state index contributed by atoms with van der Waals surface area (Å²) in [4.78, 5) is 22.9. The third-order valence-corrected chi connectivity index (χ3v) is 2.88. The van der Waals surface area contributed by atoms with Crippen LogP contribution >= 0.6 is 28.3 Å². The highest BCUT2D eigenvalue weighted by atomic mass is 79.9. The molecule has 1 aromatic rings. The van der Waals surface area contributed by atoms with Crippen molar-refractivity contribution < 1.29 is 9.59 Å². The molecule has 0 aliphatic rings. The maximum absolute atomic E-state index is 11.5. The summed E-state index contributed by atoms with van der Waals surface area (Å²) in [6.45, 7) is 1.92. The van der Waals surface area contributed by atoms with Crippen LogP contribution in [0.25, 0.3) is 0 Å². The fourth-order valence-electron chi connectivity index (χ4n) is 1.19. The minimum Gasteiger partial charge on any atom is -0.347 e. The lowest BCUT2D eigenvalue weighted by Crippen LogP contribution is -2.38. The number of halogens is 2. The Bertz CT molecular complexity index is 425. The fourth-order valence-corrected chi connectivity index (χ4v) is 1.45. The summed E-state index contributed by atoms with van der Waals surface area (Å²) in [5.74, 6) is -0.774. The van der Waals surface area contributed by atoms with Crippen molar-refractivity contribution in [3.8, 4) is 0 Å². The van der Waals surface area contributed by atoms with E-state index in [1.807, 2.05) is 12.1 Å². The van der Waals surface area contributed by atoms with Crippen LogP contribution in [0.3, 0.4) is 0 Å². The van der Waals surface area contributed by atoms with E-state index < -0.39 is 0 Å². The molecule has 0 aromatic heterocycles. The highest BCUT2D eigenvalue weighted by Gasteiger charge is 2.11. The zero-order valence-electron chi connectivity index (χ0n) is 10.5. The van der Waals surface area contributed by atoms with Gasteiger partial charge in [0.2, 0.25) is 11.8 Å². The van der Waals surface area contributed by atoms with Gasteiger partial charge >= 0.3 is 0 Å². The van der Waals surface area contributed by atoms with Gasteiger partial charge in [-0.1, -0.05) is 22.9 Å². The van der Waals surface area contributed by atoms with Gasteiger partial charge in [-0.3, -0.25) is 9.59 Å². The Morgan fingerprint density at radius 1 is 1.32 bits per heavy atom. The van der Waals surface area contributed by atoms with Crippen LogP contribution in [0.4, 0.5) is 5.69 Å². The molecular formula is C12H17BrClN3O2. The van der Waals surface area contributed by atoms with Crippen molar-refractivity contribution >= 4 is 45.8 Å². The zero-order chi connectivity index (χ0) is 13.5. The van der Waals surface area contributed by atoms with Gasteiger partial charge in [0, 0.05) is 22.6 Å². The standard InChI is InChI=1S/C12H16BrN3O2.ClH/c1-8(6-14)12(18)15-7-11(17)16-10-4-2-9(13)3-5-10;/h2-5,8H,6-7,14H2,1H3,(H,15,18)(H,16,17);1H. The number of carbonyl (C=O) groups excluding carboxylic acids is 2. The van der Waals surface area contributed by atoms with Crippen LogP contribution in [-0.4, -0.2) is 24.9 Å². The van der Waals surface area contributed by atoms with Crippen LogP contribution < -0.4 is 16.4 Å². The van der Waals surface area contributed by atoms with Gasteiger partial charge in [-0.2, -0.15) is 0 Å². The first-order valence-electron chi connectivity index (χ1n) is 5.56. The molecule has 0 saturated carbocycles. The third kappa shape index (κ3) is 6.56. The van der Waals surface area contributed by atoms with Gasteiger partial charge in [-0.15, -0.1) is 12.4 Å². The SMILES string of the molecule is CC(CN)C(=O)NCC(=O)Nc1ccc(Br)cc1.Cl. The molecule has 106 valence electrons. The Morgan fingerprint density at radius 2 is 1.89 bits per heavy atom. The van der Waals surface area contributed by atoms with E-state index in [0.29, 0.717) is 5.69 Å². The monoisotopic (exact) mass is 349 g/mol. The molecule has 0 fully saturated rings. The van der Waals surface area contributed by atoms with Crippen molar-refractivity contribution in [3.63, 3.8) is 0 Å². The molecule has 0 spiro atoms. The van der Waals surface area contributed by atoms with Gasteiger partial charge in [-0.05, 0) is 24.3 Å². The van der Waals surface area contributed by atoms with Gasteiger partial charge in [0.15, 0.2) is 0 Å². The first-order valence-corrected chi connectivity index (χ1v) is 6.35. The number of anilines is 1. The molecule has 1 unspecified atom stereocenters. The second kappa shape index (κ2) is 8.90. The Hall–Kier alpha value is -1.11. The quantitative estimate of drug-likeness (QED) is 0.753. The number of rotatable bonds is 5. The van der Waals surface area contributed by atoms with Crippen LogP contribution in [0, 0.1) is 5.92 Å². The van der Waals surface area contributed by atoms with E-state index in [-0.39, 0.29) is 43.2 Å². The van der Waals surface area contributed by atoms with Crippen LogP contribution in [0.5, 0.6) is 0 Å². The van der Waals surface area contributed by atoms with Crippen molar-refractivity contribution in [1.29, 1.82) is 0 Å². The van der Waals surface area contributed by atoms with E-state index in [1.54, 1.807) is 19.1 Å². The summed E-state index contributed by atoms with van der Waals surface area (Å²) in [6.07, 6.45) is 0. The molecule has 4 N–H and O–H groups in total. The Labute approximate surface area is 126 Å². The van der Waals surface area contributed by atoms with Gasteiger partial charge < -0.3 is 16.4 Å². The van der Waals surface area contributed by atoms with Crippen molar-refractivity contribution in [1.82, 2.24) is 5.32 Å². The highest BCUT2D eigenvalue weighted by molar-refractivity contribution is 9.10. The van der Waals surface area contributed by atoms with Crippen molar-refractivity contribution in [2.75, 3.05) is 18.4 Å². The van der Waals surface area contributed by atoms with Crippen molar-refractivity contribution in [2.24, 2.45) is 11.7 Å². The normalized spacial score (nSPS) is 11.1. The second-order valence-electron chi connectivity index (χ2n) is 3.91. The van der Waals surface area contributed by atoms with Crippen molar-refractivity contribution in [3.05, 3.63) is 28.7 Å². The molecule has 0 aliphatic carbocycles. The molecule has 0 saturated heterocycles. The Kier molecular flexibility index (Phi) is 8.38. The molecule has 1 atom stereocenters. The third-order valence-electron chi connectivity index (χ3n) is 2.35. The van der Waals surface area contributed by atoms with Gasteiger partial charge in [-0.25, -0.2) is 0 Å². The molecule has 2 amide bonds. The average Bonchev–Trinajstić information content (AvgIpc) is 2.37. The minimum atomic E-state index is -0.287. The Morgan fingerprint density at radius 3 is 2.42 bits per heavy atom. The lowest BCUT2D eigenvalue weighted by atomic mass is 10.2. The number of nitrogens with one attached hydrogen (secondary N) is 2. The molecule has 7 heteroatoms. The maximum Gasteiger partial charge on any atom is 0.243 e. The van der Waals surface area contributed by atoms with E-state index in [2.05, 4.69) is 26.6 Å². The van der Waals surface area contributed by atoms with Crippen LogP contribution in [0.1, 0.15) is 6.92 Å². The van der Waals surface area contributed by atoms with Gasteiger partial charge in [0.1, 0.15) is 0 Å². The maximum atomic E-state index is 11.5. The molecule has 19 heavy (non-hydrogen) atoms. The van der Waals surface area contributed by atoms with E-state index in [0.717, 1.165) is 4.47 Å². The summed E-state index contributed by atoms with van der Waals surface area (Å²) < 4.78 is 0.936. The van der Waals surface area contributed by atoms with Gasteiger partial charge in [0.05, 0.1) is 6.54 Å². The van der Waals surface area contributed by atoms with Crippen LogP contribution in [0.15, 0.2) is 28.7 Å². The highest BCUT2D eigenvalue weighted by Crippen LogP contribution is 2.13. The molecule has 0 bridgehead atoms. The predicted octanol–water partition coefficient (Wildman–Crippen LogP) is 1.52. The van der Waals surface area contributed by atoms with E-state index in [9.17, 15) is 9.59 Å². The molecule has 0 radical (unpaired) electrons. The average molecular weight is 351 g/mol. The summed E-state index contributed by atoms with van der Waals surface area (Å²) in [7, 11) is 0. The second-order valence-corrected chi connectivity index (χ2v) is 4.83. The number of amides is 2. The van der Waals surface area contributed by atoms with Gasteiger partial charge in [0.25, 0.3) is 0 Å². The number of carbonyl (C=O) groups is 2. The largest absolute Gasteiger partial charge is 0.347 e. The van der Waals surface area contributed by atoms with Crippen LogP contribution in [0.2, 0.25) is 0 Å². The smallest absolute Gasteiger partial charge is 0.243 e. The van der Waals surface area contributed by atoms with Crippen molar-refractivity contribution in [2.45, 2.75) is 6.92 Å². The summed E-state index contributed by atoms with van der Waals surface area (Å²) in [6, 6.07) is 7.19. The molecule has 1 rings (SSSR count). The first kappa shape index (κ1) is 17.9. The zero-order valence-corrected chi connectivity index (χ0v) is 12.9. The lowest BCUT2D eigenvalue weighted by molar-refractivity contribution is -0.126. The van der Waals surface area contributed by atoms with E-state index in [1.165, 1.54) is 0 Å². The molecular weight excluding hydrogens is 334 g/mol. The lowest BCUT2D eigenvalue weighted by Gasteiger charge is -2.10. The van der Waals surface area contributed by atoms with E-state index in [4.69, 9.17) is 5.73 Å². The van der Waals surface area contributed by atoms with Crippen LogP contribution in [-0.2, 0) is 9.59 Å². The fraction of sp³-hybridized carbons (Fsp3) is 0.333. The molecule has 1 aromatic carbocycles.